The first kappa shape index (κ1) is 28.8. The third kappa shape index (κ3) is 7.45. The number of hydrogen-bond donors (Lipinski definition) is 1. The molecule has 0 aliphatic rings. The van der Waals surface area contributed by atoms with E-state index < -0.39 is 23.7 Å². The molecule has 1 atom stereocenters. The summed E-state index contributed by atoms with van der Waals surface area (Å²) in [5.41, 5.74) is 4.04. The minimum atomic E-state index is -0.800. The lowest BCUT2D eigenvalue weighted by atomic mass is 9.94. The van der Waals surface area contributed by atoms with Crippen LogP contribution in [0.4, 0.5) is 8.78 Å². The zero-order chi connectivity index (χ0) is 28.5. The molecule has 1 N–H and O–H groups in total. The van der Waals surface area contributed by atoms with Crippen molar-refractivity contribution in [1.82, 2.24) is 14.9 Å². The number of nitrogens with zero attached hydrogens (tertiary/aromatic N) is 2. The molecule has 206 valence electrons. The van der Waals surface area contributed by atoms with Crippen molar-refractivity contribution in [3.63, 3.8) is 0 Å². The molecule has 4 rings (SSSR count). The number of hydrogen-bond acceptors (Lipinski definition) is 5. The highest BCUT2D eigenvalue weighted by Gasteiger charge is 2.23. The number of carbonyl (C=O) groups excluding carboxylic acids is 2. The van der Waals surface area contributed by atoms with Gasteiger partial charge in [0.15, 0.2) is 0 Å². The quantitative estimate of drug-likeness (QED) is 0.177. The summed E-state index contributed by atoms with van der Waals surface area (Å²) in [5.74, 6) is -1.02. The highest BCUT2D eigenvalue weighted by Crippen LogP contribution is 2.29. The van der Waals surface area contributed by atoms with E-state index in [1.165, 1.54) is 31.4 Å². The lowest BCUT2D eigenvalue weighted by molar-refractivity contribution is -0.142. The van der Waals surface area contributed by atoms with Crippen LogP contribution in [0.1, 0.15) is 27.9 Å². The van der Waals surface area contributed by atoms with E-state index >= 15 is 0 Å². The summed E-state index contributed by atoms with van der Waals surface area (Å²) in [7, 11) is 1.29. The minimum absolute atomic E-state index is 0.331. The van der Waals surface area contributed by atoms with E-state index in [0.29, 0.717) is 35.4 Å². The number of amides is 1. The van der Waals surface area contributed by atoms with Crippen LogP contribution in [0, 0.1) is 11.6 Å². The number of nitrogens with one attached hydrogen (secondary N) is 1. The fourth-order valence-electron chi connectivity index (χ4n) is 4.24. The summed E-state index contributed by atoms with van der Waals surface area (Å²) in [6.07, 6.45) is 9.51. The smallest absolute Gasteiger partial charge is 0.328 e. The molecule has 4 aromatic rings. The number of imidazole rings is 1. The normalized spacial score (nSPS) is 12.2. The summed E-state index contributed by atoms with van der Waals surface area (Å²) in [6, 6.07) is 16.6. The first-order chi connectivity index (χ1) is 19.4. The van der Waals surface area contributed by atoms with Crippen molar-refractivity contribution in [1.29, 1.82) is 0 Å². The molecular weight excluding hydrogens is 532 g/mol. The van der Waals surface area contributed by atoms with Gasteiger partial charge in [0, 0.05) is 24.5 Å². The van der Waals surface area contributed by atoms with Crippen LogP contribution in [0.5, 0.6) is 0 Å². The van der Waals surface area contributed by atoms with Crippen molar-refractivity contribution in [2.75, 3.05) is 19.1 Å². The van der Waals surface area contributed by atoms with Crippen LogP contribution in [0.2, 0.25) is 0 Å². The molecule has 0 bridgehead atoms. The Balaban J connectivity index is 1.76. The van der Waals surface area contributed by atoms with Crippen LogP contribution in [0.15, 0.2) is 85.5 Å². The standard InChI is InChI=1S/C31H29F2N3O3S/c1-39-31(38)29(13-16-40-2)35-30(37)27-12-3-21(18-28(27)23-6-10-26(33)11-7-23)17-24(19-36-15-14-34-20-36)22-4-8-25(32)9-5-22/h3-12,14-15,17-18,20,29H,13,16,19H2,1-2H3,(H,35,37)/b24-17+/t29-/m0/s1. The number of methoxy groups -OCH3 is 1. The van der Waals surface area contributed by atoms with E-state index in [9.17, 15) is 18.4 Å². The summed E-state index contributed by atoms with van der Waals surface area (Å²) in [6.45, 7) is 0.482. The van der Waals surface area contributed by atoms with Crippen LogP contribution in [-0.2, 0) is 16.1 Å². The number of allylic oxidation sites excluding steroid dienone is 1. The number of benzene rings is 3. The fraction of sp³-hybridized carbons (Fsp3) is 0.194. The van der Waals surface area contributed by atoms with Crippen molar-refractivity contribution in [3.8, 4) is 11.1 Å². The Labute approximate surface area is 236 Å². The summed E-state index contributed by atoms with van der Waals surface area (Å²) >= 11 is 1.56. The zero-order valence-corrected chi connectivity index (χ0v) is 23.0. The molecule has 1 aromatic heterocycles. The van der Waals surface area contributed by atoms with Crippen LogP contribution >= 0.6 is 11.8 Å². The van der Waals surface area contributed by atoms with E-state index in [2.05, 4.69) is 10.3 Å². The SMILES string of the molecule is COC(=O)[C@H](CCSC)NC(=O)c1ccc(/C=C(\Cn2ccnc2)c2ccc(F)cc2)cc1-c1ccc(F)cc1. The molecule has 0 aliphatic carbocycles. The van der Waals surface area contributed by atoms with E-state index in [1.54, 1.807) is 60.7 Å². The van der Waals surface area contributed by atoms with Crippen LogP contribution in [0.3, 0.4) is 0 Å². The van der Waals surface area contributed by atoms with Gasteiger partial charge >= 0.3 is 5.97 Å². The average molecular weight is 562 g/mol. The fourth-order valence-corrected chi connectivity index (χ4v) is 4.71. The first-order valence-corrected chi connectivity index (χ1v) is 14.0. The Bertz CT molecular complexity index is 1470. The van der Waals surface area contributed by atoms with Gasteiger partial charge in [-0.1, -0.05) is 30.3 Å². The van der Waals surface area contributed by atoms with Gasteiger partial charge in [0.25, 0.3) is 5.91 Å². The molecule has 0 aliphatic heterocycles. The zero-order valence-electron chi connectivity index (χ0n) is 22.1. The highest BCUT2D eigenvalue weighted by molar-refractivity contribution is 7.98. The third-order valence-electron chi connectivity index (χ3n) is 6.31. The van der Waals surface area contributed by atoms with Crippen molar-refractivity contribution in [3.05, 3.63) is 114 Å². The van der Waals surface area contributed by atoms with Gasteiger partial charge in [0.05, 0.1) is 13.4 Å². The Morgan fingerprint density at radius 1 is 1.05 bits per heavy atom. The Morgan fingerprint density at radius 2 is 1.75 bits per heavy atom. The largest absolute Gasteiger partial charge is 0.467 e. The van der Waals surface area contributed by atoms with Gasteiger partial charge in [0.2, 0.25) is 0 Å². The average Bonchev–Trinajstić information content (AvgIpc) is 3.48. The maximum Gasteiger partial charge on any atom is 0.328 e. The van der Waals surface area contributed by atoms with Crippen LogP contribution in [0.25, 0.3) is 22.8 Å². The van der Waals surface area contributed by atoms with Gasteiger partial charge in [-0.2, -0.15) is 11.8 Å². The minimum Gasteiger partial charge on any atom is -0.467 e. The van der Waals surface area contributed by atoms with Crippen LogP contribution < -0.4 is 5.32 Å². The Morgan fingerprint density at radius 3 is 2.38 bits per heavy atom. The Hall–Kier alpha value is -4.24. The van der Waals surface area contributed by atoms with Crippen LogP contribution in [-0.4, -0.2) is 46.6 Å². The van der Waals surface area contributed by atoms with Crippen molar-refractivity contribution < 1.29 is 23.1 Å². The molecule has 0 saturated carbocycles. The lowest BCUT2D eigenvalue weighted by Crippen LogP contribution is -2.42. The lowest BCUT2D eigenvalue weighted by Gasteiger charge is -2.18. The van der Waals surface area contributed by atoms with Gasteiger partial charge in [0.1, 0.15) is 17.7 Å². The molecule has 1 amide bonds. The van der Waals surface area contributed by atoms with E-state index in [1.807, 2.05) is 29.2 Å². The highest BCUT2D eigenvalue weighted by atomic mass is 32.2. The van der Waals surface area contributed by atoms with E-state index in [0.717, 1.165) is 16.7 Å². The summed E-state index contributed by atoms with van der Waals surface area (Å²) in [4.78, 5) is 29.9. The molecule has 0 saturated heterocycles. The molecule has 1 heterocycles. The predicted octanol–water partition coefficient (Wildman–Crippen LogP) is 6.09. The second-order valence-electron chi connectivity index (χ2n) is 9.05. The molecule has 9 heteroatoms. The second kappa shape index (κ2) is 13.7. The Kier molecular flexibility index (Phi) is 9.86. The number of esters is 1. The third-order valence-corrected chi connectivity index (χ3v) is 6.96. The van der Waals surface area contributed by atoms with Gasteiger partial charge < -0.3 is 14.6 Å². The maximum atomic E-state index is 13.8. The van der Waals surface area contributed by atoms with Gasteiger partial charge in [-0.25, -0.2) is 18.6 Å². The van der Waals surface area contributed by atoms with Gasteiger partial charge in [-0.15, -0.1) is 0 Å². The molecule has 40 heavy (non-hydrogen) atoms. The monoisotopic (exact) mass is 561 g/mol. The molecule has 0 fully saturated rings. The number of carbonyl (C=O) groups is 2. The molecule has 6 nitrogen and oxygen atoms in total. The topological polar surface area (TPSA) is 73.2 Å². The molecule has 0 spiro atoms. The molecule has 0 radical (unpaired) electrons. The van der Waals surface area contributed by atoms with Crippen molar-refractivity contribution in [2.24, 2.45) is 0 Å². The number of thioether (sulfide) groups is 1. The summed E-state index contributed by atoms with van der Waals surface area (Å²) in [5, 5.41) is 2.80. The van der Waals surface area contributed by atoms with Gasteiger partial charge in [-0.3, -0.25) is 4.79 Å². The second-order valence-corrected chi connectivity index (χ2v) is 10.0. The maximum absolute atomic E-state index is 13.8. The van der Waals surface area contributed by atoms with E-state index in [4.69, 9.17) is 4.74 Å². The molecule has 0 unspecified atom stereocenters. The molecule has 3 aromatic carbocycles. The summed E-state index contributed by atoms with van der Waals surface area (Å²) < 4.78 is 34.2. The number of ether oxygens (including phenoxy) is 1. The van der Waals surface area contributed by atoms with E-state index in [-0.39, 0.29) is 5.82 Å². The predicted molar refractivity (Wildman–Crippen MR) is 155 cm³/mol. The van der Waals surface area contributed by atoms with Gasteiger partial charge in [-0.05, 0) is 88.7 Å². The number of aromatic nitrogens is 2. The van der Waals surface area contributed by atoms with Crippen molar-refractivity contribution in [2.45, 2.75) is 19.0 Å². The first-order valence-electron chi connectivity index (χ1n) is 12.6. The van der Waals surface area contributed by atoms with Crippen molar-refractivity contribution >= 4 is 35.3 Å². The molecular formula is C31H29F2N3O3S. The number of rotatable bonds is 11. The number of halogens is 2.